The van der Waals surface area contributed by atoms with Crippen LogP contribution in [-0.2, 0) is 0 Å². The summed E-state index contributed by atoms with van der Waals surface area (Å²) in [7, 11) is 0. The molecule has 0 saturated heterocycles. The summed E-state index contributed by atoms with van der Waals surface area (Å²) in [6, 6.07) is 9.85. The summed E-state index contributed by atoms with van der Waals surface area (Å²) >= 11 is 0. The molecule has 0 atom stereocenters. The summed E-state index contributed by atoms with van der Waals surface area (Å²) in [5.74, 6) is 0.186. The van der Waals surface area contributed by atoms with E-state index in [0.29, 0.717) is 6.42 Å². The number of carbonyl (C=O) groups is 1. The Kier molecular flexibility index (Phi) is 3.41. The van der Waals surface area contributed by atoms with Crippen molar-refractivity contribution in [3.63, 3.8) is 0 Å². The second-order valence-corrected chi connectivity index (χ2v) is 5.12. The summed E-state index contributed by atoms with van der Waals surface area (Å²) in [5.41, 5.74) is 2.96. The number of benzene rings is 1. The van der Waals surface area contributed by atoms with Gasteiger partial charge in [-0.1, -0.05) is 29.8 Å². The monoisotopic (exact) mass is 251 g/mol. The van der Waals surface area contributed by atoms with Gasteiger partial charge >= 0.3 is 0 Å². The van der Waals surface area contributed by atoms with Crippen LogP contribution in [0.15, 0.2) is 48.2 Å². The van der Waals surface area contributed by atoms with Gasteiger partial charge in [0.05, 0.1) is 5.52 Å². The van der Waals surface area contributed by atoms with Gasteiger partial charge in [-0.05, 0) is 37.8 Å². The first kappa shape index (κ1) is 12.1. The number of pyridine rings is 1. The topological polar surface area (TPSA) is 30.0 Å². The summed E-state index contributed by atoms with van der Waals surface area (Å²) in [4.78, 5) is 16.6. The fraction of sp³-hybridized carbons (Fsp3) is 0.294. The highest BCUT2D eigenvalue weighted by Gasteiger charge is 2.12. The van der Waals surface area contributed by atoms with Crippen LogP contribution in [0, 0.1) is 0 Å². The molecule has 2 heteroatoms. The number of carbonyl (C=O) groups excluding carboxylic acids is 1. The molecule has 0 amide bonds. The third kappa shape index (κ3) is 2.73. The molecule has 1 aliphatic rings. The fourth-order valence-electron chi connectivity index (χ4n) is 2.60. The first-order chi connectivity index (χ1) is 9.33. The molecule has 0 radical (unpaired) electrons. The van der Waals surface area contributed by atoms with Crippen LogP contribution < -0.4 is 0 Å². The van der Waals surface area contributed by atoms with E-state index in [4.69, 9.17) is 0 Å². The van der Waals surface area contributed by atoms with Gasteiger partial charge in [0, 0.05) is 23.6 Å². The van der Waals surface area contributed by atoms with Gasteiger partial charge in [-0.2, -0.15) is 0 Å². The van der Waals surface area contributed by atoms with Crippen molar-refractivity contribution in [2.75, 3.05) is 0 Å². The van der Waals surface area contributed by atoms with Gasteiger partial charge in [0.2, 0.25) is 0 Å². The normalized spacial score (nSPS) is 15.3. The molecular weight excluding hydrogens is 234 g/mol. The highest BCUT2D eigenvalue weighted by atomic mass is 16.1. The van der Waals surface area contributed by atoms with E-state index in [0.717, 1.165) is 29.3 Å². The summed E-state index contributed by atoms with van der Waals surface area (Å²) in [6.45, 7) is 0. The molecule has 3 rings (SSSR count). The minimum Gasteiger partial charge on any atom is -0.294 e. The van der Waals surface area contributed by atoms with E-state index in [-0.39, 0.29) is 5.78 Å². The Labute approximate surface area is 113 Å². The van der Waals surface area contributed by atoms with Crippen molar-refractivity contribution < 1.29 is 4.79 Å². The standard InChI is InChI=1S/C17H17NO/c19-17(10-13-6-2-1-3-7-13)15-11-14-8-4-5-9-16(14)18-12-15/h4-6,8-9,11-12H,1-3,7,10H2. The molecule has 0 fully saturated rings. The molecule has 2 aromatic rings. The number of rotatable bonds is 3. The summed E-state index contributed by atoms with van der Waals surface area (Å²) in [5, 5.41) is 1.03. The maximum Gasteiger partial charge on any atom is 0.168 e. The Morgan fingerprint density at radius 3 is 2.95 bits per heavy atom. The lowest BCUT2D eigenvalue weighted by Crippen LogP contribution is -2.03. The average molecular weight is 251 g/mol. The molecule has 1 aromatic carbocycles. The third-order valence-electron chi connectivity index (χ3n) is 3.69. The van der Waals surface area contributed by atoms with Crippen LogP contribution in [0.5, 0.6) is 0 Å². The first-order valence-electron chi connectivity index (χ1n) is 6.89. The Bertz CT molecular complexity index is 643. The maximum atomic E-state index is 12.3. The Morgan fingerprint density at radius 1 is 1.21 bits per heavy atom. The summed E-state index contributed by atoms with van der Waals surface area (Å²) in [6.07, 6.45) is 9.17. The lowest BCUT2D eigenvalue weighted by Gasteiger charge is -2.11. The van der Waals surface area contributed by atoms with E-state index in [1.54, 1.807) is 6.20 Å². The molecule has 1 aromatic heterocycles. The minimum atomic E-state index is 0.186. The van der Waals surface area contributed by atoms with Crippen molar-refractivity contribution >= 4 is 16.7 Å². The maximum absolute atomic E-state index is 12.3. The molecule has 96 valence electrons. The molecule has 0 spiro atoms. The number of fused-ring (bicyclic) bond motifs is 1. The molecule has 0 unspecified atom stereocenters. The van der Waals surface area contributed by atoms with Crippen molar-refractivity contribution in [1.82, 2.24) is 4.98 Å². The van der Waals surface area contributed by atoms with E-state index < -0.39 is 0 Å². The molecule has 1 heterocycles. The molecule has 1 aliphatic carbocycles. The van der Waals surface area contributed by atoms with Crippen LogP contribution in [0.3, 0.4) is 0 Å². The Hall–Kier alpha value is -1.96. The van der Waals surface area contributed by atoms with E-state index >= 15 is 0 Å². The van der Waals surface area contributed by atoms with Crippen molar-refractivity contribution in [3.05, 3.63) is 53.7 Å². The van der Waals surface area contributed by atoms with E-state index in [1.165, 1.54) is 18.4 Å². The highest BCUT2D eigenvalue weighted by Crippen LogP contribution is 2.22. The zero-order chi connectivity index (χ0) is 13.1. The van der Waals surface area contributed by atoms with Gasteiger partial charge in [-0.25, -0.2) is 0 Å². The van der Waals surface area contributed by atoms with Gasteiger partial charge in [0.15, 0.2) is 5.78 Å². The van der Waals surface area contributed by atoms with Crippen LogP contribution in [0.2, 0.25) is 0 Å². The van der Waals surface area contributed by atoms with Gasteiger partial charge < -0.3 is 0 Å². The molecule has 0 N–H and O–H groups in total. The number of hydrogen-bond donors (Lipinski definition) is 0. The Balaban J connectivity index is 1.83. The van der Waals surface area contributed by atoms with Crippen molar-refractivity contribution in [2.45, 2.75) is 32.1 Å². The van der Waals surface area contributed by atoms with Gasteiger partial charge in [0.1, 0.15) is 0 Å². The molecular formula is C17H17NO. The predicted molar refractivity (Wildman–Crippen MR) is 77.2 cm³/mol. The number of nitrogens with zero attached hydrogens (tertiary/aromatic N) is 1. The molecule has 0 saturated carbocycles. The second-order valence-electron chi connectivity index (χ2n) is 5.12. The number of ketones is 1. The Morgan fingerprint density at radius 2 is 2.11 bits per heavy atom. The number of hydrogen-bond acceptors (Lipinski definition) is 2. The largest absolute Gasteiger partial charge is 0.294 e. The highest BCUT2D eigenvalue weighted by molar-refractivity contribution is 5.99. The van der Waals surface area contributed by atoms with Crippen molar-refractivity contribution in [1.29, 1.82) is 0 Å². The molecule has 0 bridgehead atoms. The first-order valence-corrected chi connectivity index (χ1v) is 6.89. The lowest BCUT2D eigenvalue weighted by atomic mass is 9.94. The minimum absolute atomic E-state index is 0.186. The summed E-state index contributed by atoms with van der Waals surface area (Å²) < 4.78 is 0. The smallest absolute Gasteiger partial charge is 0.168 e. The number of para-hydroxylation sites is 1. The van der Waals surface area contributed by atoms with Gasteiger partial charge in [-0.3, -0.25) is 9.78 Å². The predicted octanol–water partition coefficient (Wildman–Crippen LogP) is 4.31. The van der Waals surface area contributed by atoms with Crippen molar-refractivity contribution in [3.8, 4) is 0 Å². The quantitative estimate of drug-likeness (QED) is 0.601. The van der Waals surface area contributed by atoms with Crippen LogP contribution in [0.25, 0.3) is 10.9 Å². The second kappa shape index (κ2) is 5.35. The lowest BCUT2D eigenvalue weighted by molar-refractivity contribution is 0.0991. The zero-order valence-corrected chi connectivity index (χ0v) is 10.9. The van der Waals surface area contributed by atoms with Gasteiger partial charge in [-0.15, -0.1) is 0 Å². The van der Waals surface area contributed by atoms with Crippen LogP contribution in [0.1, 0.15) is 42.5 Å². The molecule has 0 aliphatic heterocycles. The fourth-order valence-corrected chi connectivity index (χ4v) is 2.60. The van der Waals surface area contributed by atoms with E-state index in [9.17, 15) is 4.79 Å². The van der Waals surface area contributed by atoms with Gasteiger partial charge in [0.25, 0.3) is 0 Å². The molecule has 19 heavy (non-hydrogen) atoms. The number of aromatic nitrogens is 1. The van der Waals surface area contributed by atoms with Crippen molar-refractivity contribution in [2.24, 2.45) is 0 Å². The zero-order valence-electron chi connectivity index (χ0n) is 10.9. The third-order valence-corrected chi connectivity index (χ3v) is 3.69. The van der Waals surface area contributed by atoms with E-state index in [2.05, 4.69) is 11.1 Å². The average Bonchev–Trinajstić information content (AvgIpc) is 2.48. The SMILES string of the molecule is O=C(CC1=CCCCC1)c1cnc2ccccc2c1. The van der Waals surface area contributed by atoms with Crippen LogP contribution in [0.4, 0.5) is 0 Å². The van der Waals surface area contributed by atoms with E-state index in [1.807, 2.05) is 30.3 Å². The van der Waals surface area contributed by atoms with Crippen LogP contribution in [-0.4, -0.2) is 10.8 Å². The number of Topliss-reactive ketones (excluding diaryl/α,β-unsaturated/α-hetero) is 1. The number of allylic oxidation sites excluding steroid dienone is 2. The molecule has 2 nitrogen and oxygen atoms in total. The van der Waals surface area contributed by atoms with Crippen LogP contribution >= 0.6 is 0 Å².